The van der Waals surface area contributed by atoms with Crippen LogP contribution >= 0.6 is 0 Å². The first-order valence-electron chi connectivity index (χ1n) is 4.48. The molecule has 0 unspecified atom stereocenters. The summed E-state index contributed by atoms with van der Waals surface area (Å²) in [5.74, 6) is -0.280. The molecule has 74 valence electrons. The summed E-state index contributed by atoms with van der Waals surface area (Å²) in [6.07, 6.45) is 0. The Hall–Kier alpha value is -0.890. The van der Waals surface area contributed by atoms with Gasteiger partial charge in [-0.1, -0.05) is 26.0 Å². The highest BCUT2D eigenvalue weighted by Crippen LogP contribution is 2.18. The van der Waals surface area contributed by atoms with Crippen molar-refractivity contribution in [3.8, 4) is 0 Å². The Morgan fingerprint density at radius 3 is 1.77 bits per heavy atom. The summed E-state index contributed by atoms with van der Waals surface area (Å²) in [5.41, 5.74) is -0.160. The van der Waals surface area contributed by atoms with Crippen molar-refractivity contribution in [2.45, 2.75) is 33.3 Å². The van der Waals surface area contributed by atoms with Gasteiger partial charge in [0.05, 0.1) is 5.60 Å². The molecule has 2 heteroatoms. The third-order valence-corrected chi connectivity index (χ3v) is 1.55. The standard InChI is InChI=1S/C9H11FO.C2H6/c1-9(2,11)7-3-5-8(10)6-4-7;1-2/h3-6,11H,1-2H3;1-2H3. The van der Waals surface area contributed by atoms with Gasteiger partial charge in [0.15, 0.2) is 0 Å². The van der Waals surface area contributed by atoms with Gasteiger partial charge in [-0.05, 0) is 31.5 Å². The summed E-state index contributed by atoms with van der Waals surface area (Å²) in [6.45, 7) is 7.33. The second kappa shape index (κ2) is 4.97. The number of benzene rings is 1. The Labute approximate surface area is 79.2 Å². The van der Waals surface area contributed by atoms with Crippen molar-refractivity contribution in [3.05, 3.63) is 35.6 Å². The molecule has 1 aromatic carbocycles. The van der Waals surface area contributed by atoms with Crippen LogP contribution in [0.25, 0.3) is 0 Å². The van der Waals surface area contributed by atoms with Crippen LogP contribution in [-0.4, -0.2) is 5.11 Å². The lowest BCUT2D eigenvalue weighted by Gasteiger charge is -2.16. The molecule has 1 aromatic rings. The van der Waals surface area contributed by atoms with E-state index in [1.165, 1.54) is 12.1 Å². The Kier molecular flexibility index (Phi) is 4.63. The average molecular weight is 184 g/mol. The van der Waals surface area contributed by atoms with Crippen LogP contribution in [0.5, 0.6) is 0 Å². The third kappa shape index (κ3) is 4.04. The fourth-order valence-electron chi connectivity index (χ4n) is 0.858. The number of hydrogen-bond donors (Lipinski definition) is 1. The fraction of sp³-hybridized carbons (Fsp3) is 0.455. The number of hydrogen-bond acceptors (Lipinski definition) is 1. The van der Waals surface area contributed by atoms with E-state index in [4.69, 9.17) is 0 Å². The predicted molar refractivity (Wildman–Crippen MR) is 53.0 cm³/mol. The molecule has 1 rings (SSSR count). The molecule has 0 aliphatic heterocycles. The van der Waals surface area contributed by atoms with Crippen molar-refractivity contribution in [2.75, 3.05) is 0 Å². The highest BCUT2D eigenvalue weighted by molar-refractivity contribution is 5.21. The summed E-state index contributed by atoms with van der Waals surface area (Å²) >= 11 is 0. The van der Waals surface area contributed by atoms with Gasteiger partial charge in [0, 0.05) is 0 Å². The van der Waals surface area contributed by atoms with Crippen molar-refractivity contribution >= 4 is 0 Å². The highest BCUT2D eigenvalue weighted by atomic mass is 19.1. The maximum atomic E-state index is 12.4. The maximum absolute atomic E-state index is 12.4. The molecule has 0 aromatic heterocycles. The van der Waals surface area contributed by atoms with Gasteiger partial charge in [-0.3, -0.25) is 0 Å². The lowest BCUT2D eigenvalue weighted by Crippen LogP contribution is -2.14. The molecular weight excluding hydrogens is 167 g/mol. The van der Waals surface area contributed by atoms with Gasteiger partial charge in [-0.25, -0.2) is 4.39 Å². The largest absolute Gasteiger partial charge is 0.386 e. The molecule has 0 radical (unpaired) electrons. The molecule has 13 heavy (non-hydrogen) atoms. The first-order chi connectivity index (χ1) is 6.00. The van der Waals surface area contributed by atoms with Crippen LogP contribution in [0, 0.1) is 5.82 Å². The quantitative estimate of drug-likeness (QED) is 0.711. The number of halogens is 1. The van der Waals surface area contributed by atoms with Gasteiger partial charge in [-0.15, -0.1) is 0 Å². The lowest BCUT2D eigenvalue weighted by atomic mass is 9.99. The van der Waals surface area contributed by atoms with Gasteiger partial charge in [0.1, 0.15) is 5.82 Å². The predicted octanol–water partition coefficient (Wildman–Crippen LogP) is 3.08. The third-order valence-electron chi connectivity index (χ3n) is 1.55. The topological polar surface area (TPSA) is 20.2 Å². The molecule has 1 nitrogen and oxygen atoms in total. The monoisotopic (exact) mass is 184 g/mol. The van der Waals surface area contributed by atoms with Gasteiger partial charge in [0.25, 0.3) is 0 Å². The van der Waals surface area contributed by atoms with Crippen LogP contribution in [0.4, 0.5) is 4.39 Å². The zero-order valence-corrected chi connectivity index (χ0v) is 8.63. The molecule has 0 spiro atoms. The SMILES string of the molecule is CC.CC(C)(O)c1ccc(F)cc1. The number of rotatable bonds is 1. The van der Waals surface area contributed by atoms with Gasteiger partial charge >= 0.3 is 0 Å². The van der Waals surface area contributed by atoms with Crippen molar-refractivity contribution in [2.24, 2.45) is 0 Å². The molecule has 0 fully saturated rings. The molecule has 0 aliphatic rings. The molecule has 0 bridgehead atoms. The Balaban J connectivity index is 0.000000671. The summed E-state index contributed by atoms with van der Waals surface area (Å²) in [7, 11) is 0. The molecule has 0 saturated heterocycles. The van der Waals surface area contributed by atoms with Crippen molar-refractivity contribution < 1.29 is 9.50 Å². The second-order valence-electron chi connectivity index (χ2n) is 3.07. The minimum atomic E-state index is -0.881. The van der Waals surface area contributed by atoms with E-state index in [-0.39, 0.29) is 5.82 Å². The van der Waals surface area contributed by atoms with Gasteiger partial charge < -0.3 is 5.11 Å². The van der Waals surface area contributed by atoms with E-state index < -0.39 is 5.60 Å². The maximum Gasteiger partial charge on any atom is 0.123 e. The highest BCUT2D eigenvalue weighted by Gasteiger charge is 2.14. The van der Waals surface area contributed by atoms with Gasteiger partial charge in [0.2, 0.25) is 0 Å². The van der Waals surface area contributed by atoms with Crippen LogP contribution in [0.15, 0.2) is 24.3 Å². The molecule has 0 saturated carbocycles. The van der Waals surface area contributed by atoms with Crippen LogP contribution in [0.3, 0.4) is 0 Å². The van der Waals surface area contributed by atoms with E-state index in [1.54, 1.807) is 26.0 Å². The smallest absolute Gasteiger partial charge is 0.123 e. The molecule has 0 aliphatic carbocycles. The first-order valence-corrected chi connectivity index (χ1v) is 4.48. The zero-order valence-electron chi connectivity index (χ0n) is 8.63. The van der Waals surface area contributed by atoms with Crippen LogP contribution in [-0.2, 0) is 5.60 Å². The van der Waals surface area contributed by atoms with Gasteiger partial charge in [-0.2, -0.15) is 0 Å². The Bertz CT molecular complexity index is 233. The van der Waals surface area contributed by atoms with E-state index in [0.717, 1.165) is 5.56 Å². The number of aliphatic hydroxyl groups is 1. The van der Waals surface area contributed by atoms with E-state index in [1.807, 2.05) is 13.8 Å². The van der Waals surface area contributed by atoms with Crippen molar-refractivity contribution in [1.82, 2.24) is 0 Å². The van der Waals surface area contributed by atoms with Crippen molar-refractivity contribution in [1.29, 1.82) is 0 Å². The van der Waals surface area contributed by atoms with E-state index in [0.29, 0.717) is 0 Å². The molecule has 0 atom stereocenters. The first kappa shape index (κ1) is 12.1. The van der Waals surface area contributed by atoms with Crippen molar-refractivity contribution in [3.63, 3.8) is 0 Å². The normalized spacial score (nSPS) is 10.3. The van der Waals surface area contributed by atoms with Crippen LogP contribution < -0.4 is 0 Å². The molecule has 1 N–H and O–H groups in total. The van der Waals surface area contributed by atoms with Crippen LogP contribution in [0.1, 0.15) is 33.3 Å². The lowest BCUT2D eigenvalue weighted by molar-refractivity contribution is 0.0785. The molecular formula is C11H17FO. The van der Waals surface area contributed by atoms with E-state index in [2.05, 4.69) is 0 Å². The Morgan fingerprint density at radius 1 is 1.08 bits per heavy atom. The Morgan fingerprint density at radius 2 is 1.46 bits per heavy atom. The summed E-state index contributed by atoms with van der Waals surface area (Å²) in [6, 6.07) is 5.84. The van der Waals surface area contributed by atoms with Crippen LogP contribution in [0.2, 0.25) is 0 Å². The minimum absolute atomic E-state index is 0.280. The summed E-state index contributed by atoms with van der Waals surface area (Å²) in [5, 5.41) is 9.46. The summed E-state index contributed by atoms with van der Waals surface area (Å²) in [4.78, 5) is 0. The van der Waals surface area contributed by atoms with E-state index in [9.17, 15) is 9.50 Å². The second-order valence-corrected chi connectivity index (χ2v) is 3.07. The average Bonchev–Trinajstić information content (AvgIpc) is 2.07. The minimum Gasteiger partial charge on any atom is -0.386 e. The molecule has 0 amide bonds. The molecule has 0 heterocycles. The van der Waals surface area contributed by atoms with E-state index >= 15 is 0 Å². The fourth-order valence-corrected chi connectivity index (χ4v) is 0.858. The zero-order chi connectivity index (χ0) is 10.5. The summed E-state index contributed by atoms with van der Waals surface area (Å²) < 4.78 is 12.4.